The zero-order chi connectivity index (χ0) is 43.6. The number of nitrogens with zero attached hydrogens (tertiary/aromatic N) is 3. The molecule has 1 heterocycles. The minimum Gasteiger partial charge on any atom is -0.460 e. The van der Waals surface area contributed by atoms with Crippen LogP contribution in [-0.2, 0) is 25.7 Å². The Morgan fingerprint density at radius 1 is 0.902 bits per heavy atom. The minimum absolute atomic E-state index is 0.0271. The van der Waals surface area contributed by atoms with Crippen molar-refractivity contribution in [2.75, 3.05) is 11.9 Å². The van der Waals surface area contributed by atoms with E-state index in [0.717, 1.165) is 69.8 Å². The van der Waals surface area contributed by atoms with Gasteiger partial charge in [-0.15, -0.1) is 0 Å². The molecule has 5 aliphatic carbocycles. The van der Waals surface area contributed by atoms with E-state index < -0.39 is 28.0 Å². The van der Waals surface area contributed by atoms with E-state index in [1.165, 1.54) is 11.6 Å². The summed E-state index contributed by atoms with van der Waals surface area (Å²) in [5, 5.41) is 34.1. The Bertz CT molecular complexity index is 2180. The van der Waals surface area contributed by atoms with Crippen LogP contribution in [0.1, 0.15) is 138 Å². The number of ether oxygens (including phenoxy) is 2. The zero-order valence-electron chi connectivity index (χ0n) is 37.3. The third-order valence-electron chi connectivity index (χ3n) is 17.4. The number of aromatic nitrogens is 2. The second kappa shape index (κ2) is 15.8. The Balaban J connectivity index is 0.946. The van der Waals surface area contributed by atoms with Gasteiger partial charge < -0.3 is 19.9 Å². The highest BCUT2D eigenvalue weighted by atomic mass is 16.6. The summed E-state index contributed by atoms with van der Waals surface area (Å²) in [6.45, 7) is 17.4. The first-order chi connectivity index (χ1) is 28.9. The normalized spacial score (nSPS) is 34.8. The van der Waals surface area contributed by atoms with Gasteiger partial charge in [-0.3, -0.25) is 19.7 Å². The first kappa shape index (κ1) is 43.3. The summed E-state index contributed by atoms with van der Waals surface area (Å²) in [6, 6.07) is 13.0. The lowest BCUT2D eigenvalue weighted by Gasteiger charge is -2.71. The van der Waals surface area contributed by atoms with Crippen LogP contribution in [0.25, 0.3) is 11.0 Å². The van der Waals surface area contributed by atoms with Gasteiger partial charge in [0.2, 0.25) is 5.52 Å². The number of carbonyl (C=O) groups excluding carboxylic acids is 2. The molecular formula is C49H66N4O8. The number of esters is 2. The van der Waals surface area contributed by atoms with Crippen LogP contribution in [0.3, 0.4) is 0 Å². The molecular weight excluding hydrogens is 773 g/mol. The fourth-order valence-corrected chi connectivity index (χ4v) is 13.9. The van der Waals surface area contributed by atoms with Crippen LogP contribution in [0.15, 0.2) is 58.7 Å². The van der Waals surface area contributed by atoms with E-state index in [9.17, 15) is 24.8 Å². The van der Waals surface area contributed by atoms with Gasteiger partial charge in [-0.2, -0.15) is 0 Å². The number of anilines is 1. The number of fused-ring (bicyclic) bond motifs is 8. The number of carbonyl (C=O) groups is 2. The van der Waals surface area contributed by atoms with Gasteiger partial charge in [0.05, 0.1) is 22.1 Å². The first-order valence-electron chi connectivity index (χ1n) is 22.8. The number of hydrogen-bond acceptors (Lipinski definition) is 11. The average Bonchev–Trinajstić information content (AvgIpc) is 3.71. The van der Waals surface area contributed by atoms with Crippen molar-refractivity contribution in [2.24, 2.45) is 50.2 Å². The molecule has 2 aromatic carbocycles. The number of allylic oxidation sites excluding steroid dienone is 2. The van der Waals surface area contributed by atoms with Crippen molar-refractivity contribution >= 4 is 34.3 Å². The molecule has 2 N–H and O–H groups in total. The standard InChI is InChI=1S/C49H66N4O8/c1-44(2)23-25-49(43(56)59-30-31-14-10-8-11-15-31)26-24-47(6)32(33(49)28-44)17-20-38-46(5)29-36(42(55)45(3,4)37(46)21-22-48(38,47)7)60-39(54)16-12-9-13-27-50-34-18-19-35(53(57)58)41-40(34)51-61-52-41/h8,10-11,14-15,17-19,33,36-38,42,50,55H,9,12-13,16,20-30H2,1-7H3/t33-,36+,37-,38+,42-,46-,47+,48+,49-/m0/s1. The molecule has 0 amide bonds. The van der Waals surface area contributed by atoms with E-state index in [2.05, 4.69) is 70.2 Å². The van der Waals surface area contributed by atoms with Crippen LogP contribution in [0.2, 0.25) is 0 Å². The van der Waals surface area contributed by atoms with E-state index in [-0.39, 0.29) is 63.1 Å². The maximum atomic E-state index is 14.4. The number of unbranched alkanes of at least 4 members (excludes halogenated alkanes) is 2. The molecule has 61 heavy (non-hydrogen) atoms. The lowest BCUT2D eigenvalue weighted by Crippen LogP contribution is -2.67. The Hall–Kier alpha value is -4.32. The van der Waals surface area contributed by atoms with Crippen molar-refractivity contribution < 1.29 is 33.7 Å². The van der Waals surface area contributed by atoms with Crippen LogP contribution in [-0.4, -0.2) is 51.0 Å². The second-order valence-electron chi connectivity index (χ2n) is 21.5. The van der Waals surface area contributed by atoms with E-state index in [1.54, 1.807) is 6.07 Å². The van der Waals surface area contributed by atoms with Crippen LogP contribution in [0, 0.1) is 60.4 Å². The number of non-ortho nitro benzene ring substituents is 1. The number of rotatable bonds is 12. The van der Waals surface area contributed by atoms with Gasteiger partial charge in [-0.1, -0.05) is 96.9 Å². The van der Waals surface area contributed by atoms with E-state index in [1.807, 2.05) is 30.3 Å². The maximum Gasteiger partial charge on any atom is 0.313 e. The maximum absolute atomic E-state index is 14.4. The van der Waals surface area contributed by atoms with Gasteiger partial charge in [0.1, 0.15) is 12.7 Å². The molecule has 3 aromatic rings. The second-order valence-corrected chi connectivity index (χ2v) is 21.5. The van der Waals surface area contributed by atoms with Gasteiger partial charge in [0.25, 0.3) is 0 Å². The molecule has 12 heteroatoms. The molecule has 8 rings (SSSR count). The summed E-state index contributed by atoms with van der Waals surface area (Å²) in [5.74, 6) is 0.427. The highest BCUT2D eigenvalue weighted by molar-refractivity contribution is 5.93. The van der Waals surface area contributed by atoms with Gasteiger partial charge >= 0.3 is 17.6 Å². The van der Waals surface area contributed by atoms with E-state index in [0.29, 0.717) is 43.1 Å². The molecule has 0 unspecified atom stereocenters. The average molecular weight is 839 g/mol. The number of aliphatic hydroxyl groups excluding tert-OH is 1. The molecule has 330 valence electrons. The van der Waals surface area contributed by atoms with Crippen molar-refractivity contribution in [3.8, 4) is 0 Å². The van der Waals surface area contributed by atoms with Gasteiger partial charge in [-0.05, 0) is 137 Å². The Kier molecular flexibility index (Phi) is 11.2. The van der Waals surface area contributed by atoms with Crippen LogP contribution >= 0.6 is 0 Å². The third-order valence-corrected chi connectivity index (χ3v) is 17.4. The summed E-state index contributed by atoms with van der Waals surface area (Å²) in [6.07, 6.45) is 11.9. The summed E-state index contributed by atoms with van der Waals surface area (Å²) >= 11 is 0. The highest BCUT2D eigenvalue weighted by Crippen LogP contribution is 2.76. The van der Waals surface area contributed by atoms with Gasteiger partial charge in [-0.25, -0.2) is 4.63 Å². The molecule has 9 atom stereocenters. The minimum atomic E-state index is -0.764. The van der Waals surface area contributed by atoms with Crippen LogP contribution in [0.5, 0.6) is 0 Å². The zero-order valence-corrected chi connectivity index (χ0v) is 37.3. The Morgan fingerprint density at radius 3 is 2.39 bits per heavy atom. The fraction of sp³-hybridized carbons (Fsp3) is 0.673. The van der Waals surface area contributed by atoms with Crippen LogP contribution < -0.4 is 5.32 Å². The lowest BCUT2D eigenvalue weighted by atomic mass is 9.33. The topological polar surface area (TPSA) is 167 Å². The largest absolute Gasteiger partial charge is 0.460 e. The molecule has 12 nitrogen and oxygen atoms in total. The van der Waals surface area contributed by atoms with Crippen molar-refractivity contribution in [1.29, 1.82) is 0 Å². The molecule has 4 fully saturated rings. The summed E-state index contributed by atoms with van der Waals surface area (Å²) in [7, 11) is 0. The van der Waals surface area contributed by atoms with E-state index >= 15 is 0 Å². The number of aliphatic hydroxyl groups is 1. The Morgan fingerprint density at radius 2 is 1.64 bits per heavy atom. The van der Waals surface area contributed by atoms with Crippen molar-refractivity contribution in [3.05, 3.63) is 69.8 Å². The molecule has 0 aliphatic heterocycles. The number of benzene rings is 2. The molecule has 4 saturated carbocycles. The molecule has 0 radical (unpaired) electrons. The van der Waals surface area contributed by atoms with Gasteiger partial charge in [0, 0.05) is 19.0 Å². The number of nitro groups is 1. The van der Waals surface area contributed by atoms with E-state index in [4.69, 9.17) is 14.1 Å². The smallest absolute Gasteiger partial charge is 0.313 e. The molecule has 0 saturated heterocycles. The van der Waals surface area contributed by atoms with Crippen LogP contribution in [0.4, 0.5) is 11.4 Å². The summed E-state index contributed by atoms with van der Waals surface area (Å²) in [5.41, 5.74) is 2.22. The third kappa shape index (κ3) is 7.26. The monoisotopic (exact) mass is 838 g/mol. The van der Waals surface area contributed by atoms with Crippen molar-refractivity contribution in [2.45, 2.75) is 151 Å². The summed E-state index contributed by atoms with van der Waals surface area (Å²) < 4.78 is 17.3. The number of nitro benzene ring substituents is 1. The molecule has 1 aromatic heterocycles. The van der Waals surface area contributed by atoms with Crippen molar-refractivity contribution in [1.82, 2.24) is 10.3 Å². The predicted octanol–water partition coefficient (Wildman–Crippen LogP) is 10.5. The molecule has 0 bridgehead atoms. The lowest BCUT2D eigenvalue weighted by molar-refractivity contribution is -0.383. The molecule has 5 aliphatic rings. The summed E-state index contributed by atoms with van der Waals surface area (Å²) in [4.78, 5) is 38.7. The fourth-order valence-electron chi connectivity index (χ4n) is 13.9. The van der Waals surface area contributed by atoms with Gasteiger partial charge in [0.15, 0.2) is 5.52 Å². The predicted molar refractivity (Wildman–Crippen MR) is 232 cm³/mol. The quantitative estimate of drug-likeness (QED) is 0.0586. The highest BCUT2D eigenvalue weighted by Gasteiger charge is 2.70. The Labute approximate surface area is 360 Å². The van der Waals surface area contributed by atoms with Crippen molar-refractivity contribution in [3.63, 3.8) is 0 Å². The number of hydrogen-bond donors (Lipinski definition) is 2. The first-order valence-corrected chi connectivity index (χ1v) is 22.8. The number of nitrogens with one attached hydrogen (secondary N) is 1. The molecule has 0 spiro atoms. The SMILES string of the molecule is CC1(C)CC[C@]2(C(=O)OCc3ccccc3)CC[C@]3(C)C(=CC[C@@H]4[C@@]5(C)C[C@@H](OC(=O)CCCCCNc6ccc([N+](=O)[O-])c7nonc67)[C@H](O)C(C)(C)[C@@H]5CC[C@]43C)[C@@H]2C1.